The molecule has 1 unspecified atom stereocenters. The van der Waals surface area contributed by atoms with Crippen LogP contribution in [0.5, 0.6) is 0 Å². The molecule has 5 nitrogen and oxygen atoms in total. The highest BCUT2D eigenvalue weighted by molar-refractivity contribution is 6.19. The van der Waals surface area contributed by atoms with Gasteiger partial charge in [0.1, 0.15) is 0 Å². The molecule has 0 N–H and O–H groups in total. The van der Waals surface area contributed by atoms with Gasteiger partial charge in [-0.25, -0.2) is 0 Å². The van der Waals surface area contributed by atoms with Gasteiger partial charge in [0.15, 0.2) is 5.92 Å². The molecule has 19 heavy (non-hydrogen) atoms. The van der Waals surface area contributed by atoms with Gasteiger partial charge < -0.3 is 4.74 Å². The van der Waals surface area contributed by atoms with Gasteiger partial charge in [-0.1, -0.05) is 6.07 Å². The van der Waals surface area contributed by atoms with Crippen molar-refractivity contribution in [2.45, 2.75) is 20.8 Å². The molecule has 0 aliphatic carbocycles. The van der Waals surface area contributed by atoms with Gasteiger partial charge in [0.05, 0.1) is 12.3 Å². The summed E-state index contributed by atoms with van der Waals surface area (Å²) in [4.78, 5) is 23.8. The number of nitrogens with zero attached hydrogens (tertiary/aromatic N) is 2. The largest absolute Gasteiger partial charge is 0.465 e. The maximum atomic E-state index is 12.1. The number of carbonyl (C=O) groups excluding carboxylic acids is 2. The standard InChI is InChI=1S/C14H16N2O3/c1-4-19-14(18)12-8-15-16(13(12)17)11-6-9(2)5-10(3)7-11/h5-8,12H,4H2,1-3H3. The number of carbonyl (C=O) groups is 2. The Morgan fingerprint density at radius 2 is 1.95 bits per heavy atom. The van der Waals surface area contributed by atoms with E-state index in [0.717, 1.165) is 11.1 Å². The third-order valence-corrected chi connectivity index (χ3v) is 2.80. The Kier molecular flexibility index (Phi) is 3.64. The Bertz CT molecular complexity index is 531. The van der Waals surface area contributed by atoms with Gasteiger partial charge in [-0.3, -0.25) is 9.59 Å². The second-order valence-electron chi connectivity index (χ2n) is 4.49. The van der Waals surface area contributed by atoms with Crippen molar-refractivity contribution in [2.24, 2.45) is 11.0 Å². The van der Waals surface area contributed by atoms with E-state index in [0.29, 0.717) is 5.69 Å². The van der Waals surface area contributed by atoms with Crippen LogP contribution >= 0.6 is 0 Å². The van der Waals surface area contributed by atoms with Gasteiger partial charge >= 0.3 is 5.97 Å². The predicted molar refractivity (Wildman–Crippen MR) is 72.0 cm³/mol. The molecule has 0 spiro atoms. The van der Waals surface area contributed by atoms with Gasteiger partial charge in [-0.05, 0) is 44.0 Å². The van der Waals surface area contributed by atoms with Crippen LogP contribution in [-0.2, 0) is 14.3 Å². The molecule has 0 fully saturated rings. The maximum Gasteiger partial charge on any atom is 0.324 e. The molecule has 0 saturated heterocycles. The third-order valence-electron chi connectivity index (χ3n) is 2.80. The van der Waals surface area contributed by atoms with Crippen LogP contribution in [0.2, 0.25) is 0 Å². The minimum absolute atomic E-state index is 0.250. The van der Waals surface area contributed by atoms with Crippen LogP contribution < -0.4 is 5.01 Å². The normalized spacial score (nSPS) is 17.9. The number of esters is 1. The first-order chi connectivity index (χ1) is 9.02. The summed E-state index contributed by atoms with van der Waals surface area (Å²) >= 11 is 0. The van der Waals surface area contributed by atoms with E-state index in [-0.39, 0.29) is 12.5 Å². The fourth-order valence-corrected chi connectivity index (χ4v) is 2.05. The molecule has 1 aromatic rings. The Balaban J connectivity index is 2.23. The lowest BCUT2D eigenvalue weighted by Gasteiger charge is -2.15. The van der Waals surface area contributed by atoms with E-state index in [2.05, 4.69) is 5.10 Å². The highest BCUT2D eigenvalue weighted by atomic mass is 16.5. The van der Waals surface area contributed by atoms with Crippen LogP contribution in [-0.4, -0.2) is 24.7 Å². The topological polar surface area (TPSA) is 59.0 Å². The summed E-state index contributed by atoms with van der Waals surface area (Å²) in [6, 6.07) is 5.72. The molecular weight excluding hydrogens is 244 g/mol. The third kappa shape index (κ3) is 2.65. The van der Waals surface area contributed by atoms with Gasteiger partial charge in [-0.2, -0.15) is 10.1 Å². The Hall–Kier alpha value is -2.17. The zero-order valence-corrected chi connectivity index (χ0v) is 11.2. The molecule has 2 rings (SSSR count). The molecule has 0 radical (unpaired) electrons. The lowest BCUT2D eigenvalue weighted by atomic mass is 10.1. The number of amides is 1. The van der Waals surface area contributed by atoms with Crippen LogP contribution in [0.15, 0.2) is 23.3 Å². The molecule has 1 atom stereocenters. The Morgan fingerprint density at radius 1 is 1.32 bits per heavy atom. The SMILES string of the molecule is CCOC(=O)C1C=NN(c2cc(C)cc(C)c2)C1=O. The van der Waals surface area contributed by atoms with E-state index >= 15 is 0 Å². The predicted octanol–water partition coefficient (Wildman–Crippen LogP) is 1.82. The molecule has 1 heterocycles. The quantitative estimate of drug-likeness (QED) is 0.615. The highest BCUT2D eigenvalue weighted by Gasteiger charge is 2.36. The summed E-state index contributed by atoms with van der Waals surface area (Å²) < 4.78 is 4.85. The summed E-state index contributed by atoms with van der Waals surface area (Å²) in [5.74, 6) is -1.85. The van der Waals surface area contributed by atoms with Crippen LogP contribution in [0.25, 0.3) is 0 Å². The summed E-state index contributed by atoms with van der Waals surface area (Å²) in [5, 5.41) is 5.26. The molecular formula is C14H16N2O3. The first kappa shape index (κ1) is 13.3. The average molecular weight is 260 g/mol. The van der Waals surface area contributed by atoms with Crippen molar-refractivity contribution in [2.75, 3.05) is 11.6 Å². The number of hydrogen-bond acceptors (Lipinski definition) is 4. The zero-order chi connectivity index (χ0) is 14.0. The van der Waals surface area contributed by atoms with E-state index in [1.807, 2.05) is 32.0 Å². The molecule has 5 heteroatoms. The van der Waals surface area contributed by atoms with E-state index < -0.39 is 11.9 Å². The summed E-state index contributed by atoms with van der Waals surface area (Å²) in [5.41, 5.74) is 2.75. The summed E-state index contributed by atoms with van der Waals surface area (Å²) in [6.07, 6.45) is 1.33. The molecule has 0 aromatic heterocycles. The van der Waals surface area contributed by atoms with Crippen molar-refractivity contribution >= 4 is 23.8 Å². The fourth-order valence-electron chi connectivity index (χ4n) is 2.05. The minimum atomic E-state index is -0.930. The summed E-state index contributed by atoms with van der Waals surface area (Å²) in [6.45, 7) is 5.85. The molecule has 1 amide bonds. The fraction of sp³-hybridized carbons (Fsp3) is 0.357. The number of hydrogen-bond donors (Lipinski definition) is 0. The number of aryl methyl sites for hydroxylation is 2. The van der Waals surface area contributed by atoms with Crippen molar-refractivity contribution in [3.63, 3.8) is 0 Å². The van der Waals surface area contributed by atoms with Crippen LogP contribution in [0, 0.1) is 19.8 Å². The molecule has 1 aliphatic heterocycles. The number of ether oxygens (including phenoxy) is 1. The van der Waals surface area contributed by atoms with Gasteiger partial charge in [0, 0.05) is 6.21 Å². The number of benzene rings is 1. The van der Waals surface area contributed by atoms with Crippen LogP contribution in [0.3, 0.4) is 0 Å². The molecule has 0 bridgehead atoms. The summed E-state index contributed by atoms with van der Waals surface area (Å²) in [7, 11) is 0. The van der Waals surface area contributed by atoms with Crippen LogP contribution in [0.4, 0.5) is 5.69 Å². The minimum Gasteiger partial charge on any atom is -0.465 e. The van der Waals surface area contributed by atoms with E-state index in [9.17, 15) is 9.59 Å². The van der Waals surface area contributed by atoms with Crippen molar-refractivity contribution < 1.29 is 14.3 Å². The highest BCUT2D eigenvalue weighted by Crippen LogP contribution is 2.24. The first-order valence-electron chi connectivity index (χ1n) is 6.16. The lowest BCUT2D eigenvalue weighted by molar-refractivity contribution is -0.147. The number of hydrazone groups is 1. The second-order valence-corrected chi connectivity index (χ2v) is 4.49. The van der Waals surface area contributed by atoms with Crippen molar-refractivity contribution in [3.05, 3.63) is 29.3 Å². The van der Waals surface area contributed by atoms with Gasteiger partial charge in [-0.15, -0.1) is 0 Å². The smallest absolute Gasteiger partial charge is 0.324 e. The first-order valence-corrected chi connectivity index (χ1v) is 6.16. The van der Waals surface area contributed by atoms with Crippen molar-refractivity contribution in [1.82, 2.24) is 0 Å². The van der Waals surface area contributed by atoms with E-state index in [1.165, 1.54) is 11.2 Å². The van der Waals surface area contributed by atoms with Crippen molar-refractivity contribution in [1.29, 1.82) is 0 Å². The molecule has 0 saturated carbocycles. The van der Waals surface area contributed by atoms with Crippen LogP contribution in [0.1, 0.15) is 18.1 Å². The van der Waals surface area contributed by atoms with E-state index in [4.69, 9.17) is 4.74 Å². The Morgan fingerprint density at radius 3 is 2.53 bits per heavy atom. The maximum absolute atomic E-state index is 12.1. The number of rotatable bonds is 3. The average Bonchev–Trinajstić information content (AvgIpc) is 2.70. The zero-order valence-electron chi connectivity index (χ0n) is 11.2. The molecule has 100 valence electrons. The molecule has 1 aliphatic rings. The van der Waals surface area contributed by atoms with Gasteiger partial charge in [0.2, 0.25) is 0 Å². The van der Waals surface area contributed by atoms with Gasteiger partial charge in [0.25, 0.3) is 5.91 Å². The number of anilines is 1. The Labute approximate surface area is 111 Å². The monoisotopic (exact) mass is 260 g/mol. The second kappa shape index (κ2) is 5.22. The van der Waals surface area contributed by atoms with Crippen molar-refractivity contribution in [3.8, 4) is 0 Å². The van der Waals surface area contributed by atoms with E-state index in [1.54, 1.807) is 6.92 Å². The molecule has 1 aromatic carbocycles. The lowest BCUT2D eigenvalue weighted by Crippen LogP contribution is -2.32.